The number of hydrogen-bond acceptors (Lipinski definition) is 4. The van der Waals surface area contributed by atoms with E-state index in [9.17, 15) is 0 Å². The zero-order chi connectivity index (χ0) is 15.1. The summed E-state index contributed by atoms with van der Waals surface area (Å²) in [5.74, 6) is 1.75. The van der Waals surface area contributed by atoms with Crippen molar-refractivity contribution in [3.8, 4) is 11.5 Å². The minimum absolute atomic E-state index is 0. The lowest BCUT2D eigenvalue weighted by Gasteiger charge is -2.35. The average Bonchev–Trinajstić information content (AvgIpc) is 2.55. The van der Waals surface area contributed by atoms with Gasteiger partial charge in [0.25, 0.3) is 0 Å². The molecule has 0 bridgehead atoms. The number of halogens is 2. The molecular formula is C17H30Cl2N2O2. The Kier molecular flexibility index (Phi) is 11.4. The van der Waals surface area contributed by atoms with Crippen molar-refractivity contribution >= 4 is 24.8 Å². The molecule has 0 aromatic heterocycles. The predicted octanol–water partition coefficient (Wildman–Crippen LogP) is 3.68. The van der Waals surface area contributed by atoms with Crippen LogP contribution in [0.3, 0.4) is 0 Å². The first kappa shape index (κ1) is 22.3. The Hall–Kier alpha value is -0.680. The molecule has 1 aromatic rings. The van der Waals surface area contributed by atoms with Crippen molar-refractivity contribution in [3.63, 3.8) is 0 Å². The highest BCUT2D eigenvalue weighted by molar-refractivity contribution is 5.85. The molecular weight excluding hydrogens is 335 g/mol. The summed E-state index contributed by atoms with van der Waals surface area (Å²) in [7, 11) is 3.43. The van der Waals surface area contributed by atoms with Crippen LogP contribution in [0.4, 0.5) is 0 Å². The zero-order valence-corrected chi connectivity index (χ0v) is 16.0. The Bertz CT molecular complexity index is 418. The zero-order valence-electron chi connectivity index (χ0n) is 14.3. The van der Waals surface area contributed by atoms with E-state index in [2.05, 4.69) is 29.3 Å². The molecule has 0 saturated carbocycles. The van der Waals surface area contributed by atoms with E-state index in [0.717, 1.165) is 37.7 Å². The van der Waals surface area contributed by atoms with E-state index in [4.69, 9.17) is 9.47 Å². The highest BCUT2D eigenvalue weighted by atomic mass is 35.5. The number of piperazine rings is 1. The van der Waals surface area contributed by atoms with Crippen LogP contribution in [0, 0.1) is 0 Å². The molecule has 0 unspecified atom stereocenters. The van der Waals surface area contributed by atoms with Crippen LogP contribution >= 0.6 is 24.8 Å². The number of nitrogens with zero attached hydrogens (tertiary/aromatic N) is 1. The second-order valence-electron chi connectivity index (χ2n) is 5.59. The van der Waals surface area contributed by atoms with Crippen molar-refractivity contribution in [1.29, 1.82) is 0 Å². The molecule has 2 rings (SSSR count). The van der Waals surface area contributed by atoms with Crippen LogP contribution in [0.2, 0.25) is 0 Å². The Morgan fingerprint density at radius 3 is 2.09 bits per heavy atom. The highest BCUT2D eigenvalue weighted by Gasteiger charge is 2.22. The fraction of sp³-hybridized carbons (Fsp3) is 0.647. The van der Waals surface area contributed by atoms with Gasteiger partial charge in [0.15, 0.2) is 0 Å². The maximum atomic E-state index is 5.43. The smallest absolute Gasteiger partial charge is 0.122 e. The first-order chi connectivity index (χ1) is 10.3. The van der Waals surface area contributed by atoms with Crippen molar-refractivity contribution in [2.24, 2.45) is 0 Å². The quantitative estimate of drug-likeness (QED) is 0.799. The third-order valence-electron chi connectivity index (χ3n) is 4.18. The largest absolute Gasteiger partial charge is 0.497 e. The van der Waals surface area contributed by atoms with E-state index >= 15 is 0 Å². The molecule has 1 aromatic carbocycles. The molecule has 4 nitrogen and oxygen atoms in total. The van der Waals surface area contributed by atoms with Gasteiger partial charge in [-0.25, -0.2) is 0 Å². The number of methoxy groups -OCH3 is 2. The minimum atomic E-state index is 0. The fourth-order valence-corrected chi connectivity index (χ4v) is 2.97. The van der Waals surface area contributed by atoms with Crippen LogP contribution in [-0.4, -0.2) is 45.3 Å². The second kappa shape index (κ2) is 11.8. The van der Waals surface area contributed by atoms with Crippen LogP contribution in [0.15, 0.2) is 18.2 Å². The summed E-state index contributed by atoms with van der Waals surface area (Å²) in [5.41, 5.74) is 1.31. The lowest BCUT2D eigenvalue weighted by atomic mass is 9.98. The molecule has 23 heavy (non-hydrogen) atoms. The minimum Gasteiger partial charge on any atom is -0.497 e. The van der Waals surface area contributed by atoms with Gasteiger partial charge in [-0.15, -0.1) is 24.8 Å². The van der Waals surface area contributed by atoms with E-state index in [1.54, 1.807) is 14.2 Å². The van der Waals surface area contributed by atoms with Crippen molar-refractivity contribution in [1.82, 2.24) is 10.2 Å². The third kappa shape index (κ3) is 6.38. The normalized spacial score (nSPS) is 16.0. The predicted molar refractivity (Wildman–Crippen MR) is 101 cm³/mol. The summed E-state index contributed by atoms with van der Waals surface area (Å²) in [5, 5.41) is 3.43. The van der Waals surface area contributed by atoms with Crippen LogP contribution < -0.4 is 14.8 Å². The summed E-state index contributed by atoms with van der Waals surface area (Å²) in [4.78, 5) is 2.58. The van der Waals surface area contributed by atoms with Gasteiger partial charge in [-0.05, 0) is 24.1 Å². The Morgan fingerprint density at radius 1 is 1.04 bits per heavy atom. The van der Waals surface area contributed by atoms with Crippen molar-refractivity contribution in [3.05, 3.63) is 23.8 Å². The Labute approximate surface area is 152 Å². The van der Waals surface area contributed by atoms with Crippen LogP contribution in [0.1, 0.15) is 37.8 Å². The number of hydrogen-bond donors (Lipinski definition) is 1. The SMILES string of the molecule is CCCC[C@@H](c1cc(OC)cc(OC)c1)N1CCNCC1.Cl.Cl. The number of benzene rings is 1. The summed E-state index contributed by atoms with van der Waals surface area (Å²) in [6.45, 7) is 6.61. The summed E-state index contributed by atoms with van der Waals surface area (Å²) in [6.07, 6.45) is 3.66. The summed E-state index contributed by atoms with van der Waals surface area (Å²) < 4.78 is 10.9. The standard InChI is InChI=1S/C17H28N2O2.2ClH/c1-4-5-6-17(19-9-7-18-8-10-19)14-11-15(20-2)13-16(12-14)21-3;;/h11-13,17-18H,4-10H2,1-3H3;2*1H/t17-;;/m0../s1. The molecule has 134 valence electrons. The summed E-state index contributed by atoms with van der Waals surface area (Å²) in [6, 6.07) is 6.71. The van der Waals surface area contributed by atoms with Gasteiger partial charge in [-0.3, -0.25) is 4.90 Å². The van der Waals surface area contributed by atoms with Gasteiger partial charge in [-0.2, -0.15) is 0 Å². The molecule has 1 heterocycles. The second-order valence-corrected chi connectivity index (χ2v) is 5.59. The van der Waals surface area contributed by atoms with E-state index in [1.165, 1.54) is 24.8 Å². The molecule has 0 spiro atoms. The highest BCUT2D eigenvalue weighted by Crippen LogP contribution is 2.32. The summed E-state index contributed by atoms with van der Waals surface area (Å²) >= 11 is 0. The molecule has 1 saturated heterocycles. The van der Waals surface area contributed by atoms with Gasteiger partial charge in [0.2, 0.25) is 0 Å². The molecule has 0 aliphatic carbocycles. The van der Waals surface area contributed by atoms with Gasteiger partial charge < -0.3 is 14.8 Å². The molecule has 0 amide bonds. The van der Waals surface area contributed by atoms with Gasteiger partial charge in [-0.1, -0.05) is 19.8 Å². The van der Waals surface area contributed by atoms with Crippen LogP contribution in [0.5, 0.6) is 11.5 Å². The first-order valence-corrected chi connectivity index (χ1v) is 7.96. The van der Waals surface area contributed by atoms with Crippen LogP contribution in [0.25, 0.3) is 0 Å². The molecule has 6 heteroatoms. The Balaban J connectivity index is 0.00000242. The maximum Gasteiger partial charge on any atom is 0.122 e. The van der Waals surface area contributed by atoms with E-state index < -0.39 is 0 Å². The molecule has 1 atom stereocenters. The molecule has 1 aliphatic rings. The van der Waals surface area contributed by atoms with Gasteiger partial charge in [0, 0.05) is 38.3 Å². The Morgan fingerprint density at radius 2 is 1.61 bits per heavy atom. The molecule has 1 N–H and O–H groups in total. The van der Waals surface area contributed by atoms with Gasteiger partial charge in [0.05, 0.1) is 14.2 Å². The lowest BCUT2D eigenvalue weighted by molar-refractivity contribution is 0.162. The third-order valence-corrected chi connectivity index (χ3v) is 4.18. The van der Waals surface area contributed by atoms with Gasteiger partial charge >= 0.3 is 0 Å². The topological polar surface area (TPSA) is 33.7 Å². The molecule has 1 fully saturated rings. The maximum absolute atomic E-state index is 5.43. The van der Waals surface area contributed by atoms with Gasteiger partial charge in [0.1, 0.15) is 11.5 Å². The lowest BCUT2D eigenvalue weighted by Crippen LogP contribution is -2.45. The first-order valence-electron chi connectivity index (χ1n) is 7.96. The number of nitrogens with one attached hydrogen (secondary N) is 1. The van der Waals surface area contributed by atoms with E-state index in [1.807, 2.05) is 6.07 Å². The monoisotopic (exact) mass is 364 g/mol. The van der Waals surface area contributed by atoms with Crippen molar-refractivity contribution in [2.75, 3.05) is 40.4 Å². The number of ether oxygens (including phenoxy) is 2. The van der Waals surface area contributed by atoms with E-state index in [-0.39, 0.29) is 24.8 Å². The molecule has 1 aliphatic heterocycles. The van der Waals surface area contributed by atoms with Crippen molar-refractivity contribution in [2.45, 2.75) is 32.2 Å². The number of rotatable bonds is 7. The van der Waals surface area contributed by atoms with E-state index in [0.29, 0.717) is 6.04 Å². The fourth-order valence-electron chi connectivity index (χ4n) is 2.97. The molecule has 0 radical (unpaired) electrons. The number of unbranched alkanes of at least 4 members (excludes halogenated alkanes) is 1. The van der Waals surface area contributed by atoms with Crippen LogP contribution in [-0.2, 0) is 0 Å². The average molecular weight is 365 g/mol. The van der Waals surface area contributed by atoms with Crippen molar-refractivity contribution < 1.29 is 9.47 Å².